The van der Waals surface area contributed by atoms with Crippen molar-refractivity contribution in [3.05, 3.63) is 23.3 Å². The van der Waals surface area contributed by atoms with E-state index < -0.39 is 0 Å². The molecule has 20 heavy (non-hydrogen) atoms. The van der Waals surface area contributed by atoms with Gasteiger partial charge in [0, 0.05) is 6.04 Å². The number of piperidine rings is 1. The van der Waals surface area contributed by atoms with E-state index in [4.69, 9.17) is 9.47 Å². The monoisotopic (exact) mass is 277 g/mol. The fraction of sp³-hybridized carbons (Fsp3) is 0.647. The predicted molar refractivity (Wildman–Crippen MR) is 83.0 cm³/mol. The van der Waals surface area contributed by atoms with E-state index in [0.717, 1.165) is 24.5 Å². The van der Waals surface area contributed by atoms with Gasteiger partial charge in [-0.2, -0.15) is 0 Å². The van der Waals surface area contributed by atoms with Crippen molar-refractivity contribution in [3.8, 4) is 11.5 Å². The van der Waals surface area contributed by atoms with Gasteiger partial charge in [0.25, 0.3) is 0 Å². The average molecular weight is 277 g/mol. The molecule has 3 heteroatoms. The molecule has 0 saturated carbocycles. The standard InChI is InChI=1S/C17H27NO2/c1-12(2)13-9-14(10-15-7-5-6-8-18-15)17(20-4)16(11-13)19-3/h9,11-12,15,18H,5-8,10H2,1-4H3. The maximum atomic E-state index is 5.59. The van der Waals surface area contributed by atoms with Crippen LogP contribution in [0.4, 0.5) is 0 Å². The van der Waals surface area contributed by atoms with Gasteiger partial charge < -0.3 is 14.8 Å². The van der Waals surface area contributed by atoms with E-state index >= 15 is 0 Å². The van der Waals surface area contributed by atoms with Crippen LogP contribution >= 0.6 is 0 Å². The molecule has 1 aromatic rings. The highest BCUT2D eigenvalue weighted by atomic mass is 16.5. The topological polar surface area (TPSA) is 30.5 Å². The van der Waals surface area contributed by atoms with Crippen LogP contribution in [0.3, 0.4) is 0 Å². The van der Waals surface area contributed by atoms with Crippen molar-refractivity contribution < 1.29 is 9.47 Å². The maximum Gasteiger partial charge on any atom is 0.163 e. The first kappa shape index (κ1) is 15.2. The Labute approximate surface area is 122 Å². The number of ether oxygens (including phenoxy) is 2. The molecule has 1 heterocycles. The first-order valence-electron chi connectivity index (χ1n) is 7.64. The van der Waals surface area contributed by atoms with Crippen LogP contribution in [0.5, 0.6) is 11.5 Å². The molecule has 1 aromatic carbocycles. The van der Waals surface area contributed by atoms with Crippen LogP contribution in [0.2, 0.25) is 0 Å². The lowest BCUT2D eigenvalue weighted by atomic mass is 9.93. The van der Waals surface area contributed by atoms with Crippen LogP contribution < -0.4 is 14.8 Å². The van der Waals surface area contributed by atoms with Gasteiger partial charge in [0.15, 0.2) is 11.5 Å². The molecule has 0 radical (unpaired) electrons. The van der Waals surface area contributed by atoms with Crippen molar-refractivity contribution in [2.45, 2.75) is 51.5 Å². The number of hydrogen-bond donors (Lipinski definition) is 1. The van der Waals surface area contributed by atoms with Crippen molar-refractivity contribution in [2.24, 2.45) is 0 Å². The van der Waals surface area contributed by atoms with Gasteiger partial charge in [0.2, 0.25) is 0 Å². The van der Waals surface area contributed by atoms with E-state index in [1.165, 1.54) is 30.4 Å². The molecule has 1 saturated heterocycles. The van der Waals surface area contributed by atoms with Gasteiger partial charge in [-0.25, -0.2) is 0 Å². The molecule has 0 amide bonds. The zero-order chi connectivity index (χ0) is 14.5. The number of benzene rings is 1. The molecule has 0 spiro atoms. The Balaban J connectivity index is 2.29. The van der Waals surface area contributed by atoms with Gasteiger partial charge >= 0.3 is 0 Å². The molecule has 1 fully saturated rings. The lowest BCUT2D eigenvalue weighted by Gasteiger charge is -2.25. The summed E-state index contributed by atoms with van der Waals surface area (Å²) in [6, 6.07) is 4.94. The van der Waals surface area contributed by atoms with Gasteiger partial charge in [0.1, 0.15) is 0 Å². The summed E-state index contributed by atoms with van der Waals surface area (Å²) in [6.07, 6.45) is 4.88. The number of rotatable bonds is 5. The van der Waals surface area contributed by atoms with Crippen LogP contribution in [-0.2, 0) is 6.42 Å². The third kappa shape index (κ3) is 3.45. The summed E-state index contributed by atoms with van der Waals surface area (Å²) in [4.78, 5) is 0. The highest BCUT2D eigenvalue weighted by molar-refractivity contribution is 5.50. The van der Waals surface area contributed by atoms with Crippen LogP contribution in [-0.4, -0.2) is 26.8 Å². The van der Waals surface area contributed by atoms with Crippen LogP contribution in [0.15, 0.2) is 12.1 Å². The summed E-state index contributed by atoms with van der Waals surface area (Å²) in [5.41, 5.74) is 2.57. The molecule has 112 valence electrons. The Kier molecular flexibility index (Phi) is 5.30. The molecule has 1 atom stereocenters. The van der Waals surface area contributed by atoms with Crippen molar-refractivity contribution in [2.75, 3.05) is 20.8 Å². The van der Waals surface area contributed by atoms with Crippen LogP contribution in [0.1, 0.15) is 50.2 Å². The second-order valence-electron chi connectivity index (χ2n) is 5.92. The summed E-state index contributed by atoms with van der Waals surface area (Å²) in [5, 5.41) is 3.61. The van der Waals surface area contributed by atoms with Crippen LogP contribution in [0.25, 0.3) is 0 Å². The fourth-order valence-electron chi connectivity index (χ4n) is 2.92. The Bertz CT molecular complexity index is 437. The van der Waals surface area contributed by atoms with E-state index in [9.17, 15) is 0 Å². The predicted octanol–water partition coefficient (Wildman–Crippen LogP) is 3.51. The first-order chi connectivity index (χ1) is 9.65. The zero-order valence-electron chi connectivity index (χ0n) is 13.2. The second kappa shape index (κ2) is 6.98. The summed E-state index contributed by atoms with van der Waals surface area (Å²) in [5.74, 6) is 2.24. The van der Waals surface area contributed by atoms with E-state index in [1.807, 2.05) is 0 Å². The summed E-state index contributed by atoms with van der Waals surface area (Å²) >= 11 is 0. The molecule has 0 bridgehead atoms. The maximum absolute atomic E-state index is 5.59. The number of hydrogen-bond acceptors (Lipinski definition) is 3. The van der Waals surface area contributed by atoms with E-state index in [2.05, 4.69) is 31.3 Å². The van der Waals surface area contributed by atoms with Gasteiger partial charge in [-0.15, -0.1) is 0 Å². The molecule has 1 aliphatic rings. The van der Waals surface area contributed by atoms with Crippen molar-refractivity contribution >= 4 is 0 Å². The molecule has 1 unspecified atom stereocenters. The zero-order valence-corrected chi connectivity index (χ0v) is 13.2. The normalized spacial score (nSPS) is 19.1. The minimum absolute atomic E-state index is 0.493. The third-order valence-electron chi connectivity index (χ3n) is 4.12. The molecule has 3 nitrogen and oxygen atoms in total. The minimum Gasteiger partial charge on any atom is -0.493 e. The first-order valence-corrected chi connectivity index (χ1v) is 7.64. The molecular formula is C17H27NO2. The van der Waals surface area contributed by atoms with E-state index in [-0.39, 0.29) is 0 Å². The molecule has 1 N–H and O–H groups in total. The fourth-order valence-corrected chi connectivity index (χ4v) is 2.92. The quantitative estimate of drug-likeness (QED) is 0.893. The molecular weight excluding hydrogens is 250 g/mol. The smallest absolute Gasteiger partial charge is 0.163 e. The largest absolute Gasteiger partial charge is 0.493 e. The summed E-state index contributed by atoms with van der Waals surface area (Å²) < 4.78 is 11.1. The molecule has 1 aliphatic heterocycles. The van der Waals surface area contributed by atoms with Gasteiger partial charge in [-0.3, -0.25) is 0 Å². The lowest BCUT2D eigenvalue weighted by Crippen LogP contribution is -2.35. The van der Waals surface area contributed by atoms with E-state index in [0.29, 0.717) is 12.0 Å². The Hall–Kier alpha value is -1.22. The third-order valence-corrected chi connectivity index (χ3v) is 4.12. The van der Waals surface area contributed by atoms with Gasteiger partial charge in [0.05, 0.1) is 14.2 Å². The van der Waals surface area contributed by atoms with Crippen molar-refractivity contribution in [3.63, 3.8) is 0 Å². The Morgan fingerprint density at radius 2 is 2.00 bits per heavy atom. The van der Waals surface area contributed by atoms with Gasteiger partial charge in [-0.1, -0.05) is 26.3 Å². The highest BCUT2D eigenvalue weighted by Gasteiger charge is 2.19. The highest BCUT2D eigenvalue weighted by Crippen LogP contribution is 2.36. The molecule has 0 aliphatic carbocycles. The molecule has 0 aromatic heterocycles. The number of nitrogens with one attached hydrogen (secondary N) is 1. The Morgan fingerprint density at radius 1 is 1.20 bits per heavy atom. The average Bonchev–Trinajstić information content (AvgIpc) is 2.47. The second-order valence-corrected chi connectivity index (χ2v) is 5.92. The SMILES string of the molecule is COc1cc(C(C)C)cc(CC2CCCCN2)c1OC. The minimum atomic E-state index is 0.493. The molecule has 2 rings (SSSR count). The number of methoxy groups -OCH3 is 2. The van der Waals surface area contributed by atoms with Crippen molar-refractivity contribution in [1.82, 2.24) is 5.32 Å². The van der Waals surface area contributed by atoms with Crippen LogP contribution in [0, 0.1) is 0 Å². The van der Waals surface area contributed by atoms with E-state index in [1.54, 1.807) is 14.2 Å². The Morgan fingerprint density at radius 3 is 2.55 bits per heavy atom. The van der Waals surface area contributed by atoms with Gasteiger partial charge in [-0.05, 0) is 48.9 Å². The summed E-state index contributed by atoms with van der Waals surface area (Å²) in [7, 11) is 3.44. The summed E-state index contributed by atoms with van der Waals surface area (Å²) in [6.45, 7) is 5.56. The van der Waals surface area contributed by atoms with Crippen molar-refractivity contribution in [1.29, 1.82) is 0 Å². The lowest BCUT2D eigenvalue weighted by molar-refractivity contribution is 0.345.